The van der Waals surface area contributed by atoms with Crippen LogP contribution in [-0.2, 0) is 0 Å². The molecule has 1 aromatic carbocycles. The van der Waals surface area contributed by atoms with Crippen molar-refractivity contribution in [2.24, 2.45) is 0 Å². The number of aromatic nitrogens is 2. The molecule has 0 saturated carbocycles. The Labute approximate surface area is 143 Å². The van der Waals surface area contributed by atoms with E-state index in [0.29, 0.717) is 12.1 Å². The third-order valence-corrected chi connectivity index (χ3v) is 4.32. The Morgan fingerprint density at radius 2 is 2.00 bits per heavy atom. The molecule has 2 aromatic rings. The molecule has 1 aliphatic rings. The van der Waals surface area contributed by atoms with Crippen LogP contribution in [0.15, 0.2) is 36.4 Å². The van der Waals surface area contributed by atoms with E-state index in [2.05, 4.69) is 27.3 Å². The molecule has 5 nitrogen and oxygen atoms in total. The Kier molecular flexibility index (Phi) is 5.41. The topological polar surface area (TPSA) is 58.1 Å². The lowest BCUT2D eigenvalue weighted by Crippen LogP contribution is -2.24. The minimum absolute atomic E-state index is 0.0352. The van der Waals surface area contributed by atoms with Gasteiger partial charge in [0.2, 0.25) is 0 Å². The fourth-order valence-corrected chi connectivity index (χ4v) is 2.89. The number of carbonyl (C=O) groups is 1. The standard InChI is InChI=1S/C19H24N4O/c1-2-3-11-20-19(24)16-8-6-7-15(14-16)17-9-10-18(22-21-17)23-12-4-5-13-23/h6-10,14H,2-5,11-13H2,1H3,(H,20,24). The zero-order valence-electron chi connectivity index (χ0n) is 14.2. The van der Waals surface area contributed by atoms with Crippen LogP contribution in [0, 0.1) is 0 Å². The van der Waals surface area contributed by atoms with Crippen LogP contribution in [0.25, 0.3) is 11.3 Å². The summed E-state index contributed by atoms with van der Waals surface area (Å²) in [5.41, 5.74) is 2.37. The molecule has 2 heterocycles. The van der Waals surface area contributed by atoms with Gasteiger partial charge in [-0.1, -0.05) is 25.5 Å². The quantitative estimate of drug-likeness (QED) is 0.829. The van der Waals surface area contributed by atoms with Crippen LogP contribution in [0.5, 0.6) is 0 Å². The predicted molar refractivity (Wildman–Crippen MR) is 96.2 cm³/mol. The molecule has 0 radical (unpaired) electrons. The van der Waals surface area contributed by atoms with Crippen molar-refractivity contribution >= 4 is 11.7 Å². The Morgan fingerprint density at radius 3 is 2.71 bits per heavy atom. The third-order valence-electron chi connectivity index (χ3n) is 4.32. The average molecular weight is 324 g/mol. The van der Waals surface area contributed by atoms with Crippen LogP contribution < -0.4 is 10.2 Å². The van der Waals surface area contributed by atoms with Gasteiger partial charge in [-0.15, -0.1) is 10.2 Å². The average Bonchev–Trinajstić information content (AvgIpc) is 3.17. The van der Waals surface area contributed by atoms with E-state index in [4.69, 9.17) is 0 Å². The van der Waals surface area contributed by atoms with Gasteiger partial charge in [-0.25, -0.2) is 0 Å². The Hall–Kier alpha value is -2.43. The summed E-state index contributed by atoms with van der Waals surface area (Å²) in [5.74, 6) is 0.900. The van der Waals surface area contributed by atoms with Crippen molar-refractivity contribution in [3.8, 4) is 11.3 Å². The molecular formula is C19H24N4O. The number of carbonyl (C=O) groups excluding carboxylic acids is 1. The predicted octanol–water partition coefficient (Wildman–Crippen LogP) is 3.27. The number of nitrogens with one attached hydrogen (secondary N) is 1. The van der Waals surface area contributed by atoms with Crippen molar-refractivity contribution in [3.05, 3.63) is 42.0 Å². The number of nitrogens with zero attached hydrogens (tertiary/aromatic N) is 3. The van der Waals surface area contributed by atoms with Gasteiger partial charge in [0.05, 0.1) is 5.69 Å². The Morgan fingerprint density at radius 1 is 1.17 bits per heavy atom. The fourth-order valence-electron chi connectivity index (χ4n) is 2.89. The first-order valence-electron chi connectivity index (χ1n) is 8.75. The molecule has 1 amide bonds. The molecule has 0 spiro atoms. The lowest BCUT2D eigenvalue weighted by atomic mass is 10.1. The highest BCUT2D eigenvalue weighted by atomic mass is 16.1. The molecule has 1 N–H and O–H groups in total. The van der Waals surface area contributed by atoms with Crippen LogP contribution in [0.2, 0.25) is 0 Å². The number of benzene rings is 1. The van der Waals surface area contributed by atoms with Crippen molar-refractivity contribution in [3.63, 3.8) is 0 Å². The highest BCUT2D eigenvalue weighted by Gasteiger charge is 2.14. The van der Waals surface area contributed by atoms with Gasteiger partial charge in [0.25, 0.3) is 5.91 Å². The number of hydrogen-bond donors (Lipinski definition) is 1. The van der Waals surface area contributed by atoms with Crippen molar-refractivity contribution in [2.45, 2.75) is 32.6 Å². The minimum atomic E-state index is -0.0352. The van der Waals surface area contributed by atoms with Crippen molar-refractivity contribution in [1.29, 1.82) is 0 Å². The second-order valence-corrected chi connectivity index (χ2v) is 6.16. The zero-order valence-corrected chi connectivity index (χ0v) is 14.2. The maximum absolute atomic E-state index is 12.2. The molecule has 3 rings (SSSR count). The summed E-state index contributed by atoms with van der Waals surface area (Å²) in [7, 11) is 0. The molecule has 24 heavy (non-hydrogen) atoms. The third kappa shape index (κ3) is 3.91. The second kappa shape index (κ2) is 7.90. The van der Waals surface area contributed by atoms with Gasteiger partial charge >= 0.3 is 0 Å². The number of hydrogen-bond acceptors (Lipinski definition) is 4. The molecular weight excluding hydrogens is 300 g/mol. The van der Waals surface area contributed by atoms with E-state index >= 15 is 0 Å². The molecule has 0 unspecified atom stereocenters. The van der Waals surface area contributed by atoms with Crippen LogP contribution in [0.1, 0.15) is 43.0 Å². The molecule has 1 aliphatic heterocycles. The van der Waals surface area contributed by atoms with E-state index in [1.807, 2.05) is 36.4 Å². The molecule has 1 saturated heterocycles. The first-order valence-corrected chi connectivity index (χ1v) is 8.75. The molecule has 0 atom stereocenters. The van der Waals surface area contributed by atoms with Crippen molar-refractivity contribution < 1.29 is 4.79 Å². The monoisotopic (exact) mass is 324 g/mol. The number of rotatable bonds is 6. The summed E-state index contributed by atoms with van der Waals surface area (Å²) < 4.78 is 0. The SMILES string of the molecule is CCCCNC(=O)c1cccc(-c2ccc(N3CCCC3)nn2)c1. The Balaban J connectivity index is 1.72. The number of anilines is 1. The maximum atomic E-state index is 12.2. The fraction of sp³-hybridized carbons (Fsp3) is 0.421. The lowest BCUT2D eigenvalue weighted by Gasteiger charge is -2.15. The molecule has 0 bridgehead atoms. The minimum Gasteiger partial charge on any atom is -0.355 e. The molecule has 0 aliphatic carbocycles. The summed E-state index contributed by atoms with van der Waals surface area (Å²) in [4.78, 5) is 14.4. The largest absolute Gasteiger partial charge is 0.355 e. The van der Waals surface area contributed by atoms with Crippen LogP contribution in [0.3, 0.4) is 0 Å². The van der Waals surface area contributed by atoms with Gasteiger partial charge in [-0.05, 0) is 43.5 Å². The van der Waals surface area contributed by atoms with Gasteiger partial charge in [-0.3, -0.25) is 4.79 Å². The highest BCUT2D eigenvalue weighted by Crippen LogP contribution is 2.21. The van der Waals surface area contributed by atoms with Gasteiger partial charge in [0.15, 0.2) is 5.82 Å². The first-order chi connectivity index (χ1) is 11.8. The van der Waals surface area contributed by atoms with Crippen LogP contribution >= 0.6 is 0 Å². The van der Waals surface area contributed by atoms with E-state index in [0.717, 1.165) is 43.0 Å². The van der Waals surface area contributed by atoms with E-state index in [1.165, 1.54) is 12.8 Å². The number of amides is 1. The zero-order chi connectivity index (χ0) is 16.8. The smallest absolute Gasteiger partial charge is 0.251 e. The maximum Gasteiger partial charge on any atom is 0.251 e. The van der Waals surface area contributed by atoms with E-state index in [9.17, 15) is 4.79 Å². The van der Waals surface area contributed by atoms with Crippen molar-refractivity contribution in [2.75, 3.05) is 24.5 Å². The molecule has 1 aromatic heterocycles. The summed E-state index contributed by atoms with van der Waals surface area (Å²) in [5, 5.41) is 11.6. The van der Waals surface area contributed by atoms with Gasteiger partial charge in [-0.2, -0.15) is 0 Å². The summed E-state index contributed by atoms with van der Waals surface area (Å²) in [6.07, 6.45) is 4.51. The summed E-state index contributed by atoms with van der Waals surface area (Å²) in [6.45, 7) is 4.93. The van der Waals surface area contributed by atoms with E-state index in [-0.39, 0.29) is 5.91 Å². The van der Waals surface area contributed by atoms with E-state index < -0.39 is 0 Å². The Bertz CT molecular complexity index is 678. The highest BCUT2D eigenvalue weighted by molar-refractivity contribution is 5.95. The molecule has 5 heteroatoms. The summed E-state index contributed by atoms with van der Waals surface area (Å²) >= 11 is 0. The van der Waals surface area contributed by atoms with Crippen LogP contribution in [0.4, 0.5) is 5.82 Å². The summed E-state index contributed by atoms with van der Waals surface area (Å²) in [6, 6.07) is 11.6. The second-order valence-electron chi connectivity index (χ2n) is 6.16. The van der Waals surface area contributed by atoms with Crippen LogP contribution in [-0.4, -0.2) is 35.7 Å². The normalized spacial score (nSPS) is 14.0. The first kappa shape index (κ1) is 16.4. The number of unbranched alkanes of at least 4 members (excludes halogenated alkanes) is 1. The van der Waals surface area contributed by atoms with E-state index in [1.54, 1.807) is 0 Å². The van der Waals surface area contributed by atoms with Crippen molar-refractivity contribution in [1.82, 2.24) is 15.5 Å². The molecule has 1 fully saturated rings. The van der Waals surface area contributed by atoms with Gasteiger partial charge < -0.3 is 10.2 Å². The lowest BCUT2D eigenvalue weighted by molar-refractivity contribution is 0.0953. The van der Waals surface area contributed by atoms with Gasteiger partial charge in [0, 0.05) is 30.8 Å². The molecule has 126 valence electrons. The van der Waals surface area contributed by atoms with Gasteiger partial charge in [0.1, 0.15) is 0 Å².